The van der Waals surface area contributed by atoms with Gasteiger partial charge in [0.15, 0.2) is 0 Å². The van der Waals surface area contributed by atoms with Crippen molar-refractivity contribution in [2.24, 2.45) is 0 Å². The topological polar surface area (TPSA) is 27.7 Å². The molecule has 0 N–H and O–H groups in total. The van der Waals surface area contributed by atoms with Crippen molar-refractivity contribution < 1.29 is 13.3 Å². The molecule has 4 heteroatoms. The first-order chi connectivity index (χ1) is 8.24. The molecule has 100 valence electrons. The van der Waals surface area contributed by atoms with Gasteiger partial charge in [-0.25, -0.2) is 0 Å². The summed E-state index contributed by atoms with van der Waals surface area (Å²) in [6, 6.07) is 0. The SMILES string of the molecule is CCCCCCCCC#C[Si](OC)(OC)OC. The van der Waals surface area contributed by atoms with Crippen LogP contribution in [0.1, 0.15) is 51.9 Å². The maximum absolute atomic E-state index is 5.22. The highest BCUT2D eigenvalue weighted by atomic mass is 28.4. The van der Waals surface area contributed by atoms with E-state index in [2.05, 4.69) is 18.4 Å². The van der Waals surface area contributed by atoms with E-state index >= 15 is 0 Å². The summed E-state index contributed by atoms with van der Waals surface area (Å²) in [5.74, 6) is 3.11. The number of hydrogen-bond donors (Lipinski definition) is 0. The van der Waals surface area contributed by atoms with Crippen LogP contribution in [0.5, 0.6) is 0 Å². The molecule has 0 radical (unpaired) electrons. The van der Waals surface area contributed by atoms with Crippen LogP contribution in [0.2, 0.25) is 0 Å². The zero-order valence-electron chi connectivity index (χ0n) is 11.7. The number of rotatable bonds is 9. The lowest BCUT2D eigenvalue weighted by atomic mass is 10.1. The molecule has 0 aromatic rings. The monoisotopic (exact) mass is 258 g/mol. The molecule has 0 spiro atoms. The van der Waals surface area contributed by atoms with Gasteiger partial charge in [-0.2, -0.15) is 0 Å². The van der Waals surface area contributed by atoms with Crippen molar-refractivity contribution in [3.05, 3.63) is 0 Å². The lowest BCUT2D eigenvalue weighted by Gasteiger charge is -2.17. The Hall–Kier alpha value is -0.343. The Balaban J connectivity index is 3.72. The summed E-state index contributed by atoms with van der Waals surface area (Å²) < 4.78 is 15.7. The molecule has 0 unspecified atom stereocenters. The minimum Gasteiger partial charge on any atom is -0.367 e. The fraction of sp³-hybridized carbons (Fsp3) is 0.846. The van der Waals surface area contributed by atoms with Crippen molar-refractivity contribution in [3.63, 3.8) is 0 Å². The Morgan fingerprint density at radius 3 is 1.88 bits per heavy atom. The third-order valence-electron chi connectivity index (χ3n) is 2.70. The van der Waals surface area contributed by atoms with Gasteiger partial charge < -0.3 is 13.3 Å². The smallest absolute Gasteiger partial charge is 0.367 e. The van der Waals surface area contributed by atoms with Crippen LogP contribution >= 0.6 is 0 Å². The molecule has 17 heavy (non-hydrogen) atoms. The van der Waals surface area contributed by atoms with E-state index in [4.69, 9.17) is 13.3 Å². The van der Waals surface area contributed by atoms with E-state index in [0.717, 1.165) is 12.8 Å². The Kier molecular flexibility index (Phi) is 10.6. The molecule has 0 saturated carbocycles. The van der Waals surface area contributed by atoms with Crippen LogP contribution in [0.15, 0.2) is 0 Å². The number of hydrogen-bond acceptors (Lipinski definition) is 3. The van der Waals surface area contributed by atoms with Crippen molar-refractivity contribution in [2.75, 3.05) is 21.3 Å². The van der Waals surface area contributed by atoms with Gasteiger partial charge in [-0.15, -0.1) is 5.92 Å². The summed E-state index contributed by atoms with van der Waals surface area (Å²) in [5, 5.41) is 0. The van der Waals surface area contributed by atoms with Crippen molar-refractivity contribution in [1.29, 1.82) is 0 Å². The van der Waals surface area contributed by atoms with Crippen molar-refractivity contribution in [3.8, 4) is 11.5 Å². The minimum atomic E-state index is -2.66. The Morgan fingerprint density at radius 1 is 0.824 bits per heavy atom. The van der Waals surface area contributed by atoms with Gasteiger partial charge in [0.1, 0.15) is 0 Å². The van der Waals surface area contributed by atoms with E-state index in [1.165, 1.54) is 32.1 Å². The van der Waals surface area contributed by atoms with E-state index in [0.29, 0.717) is 0 Å². The van der Waals surface area contributed by atoms with Crippen molar-refractivity contribution in [1.82, 2.24) is 0 Å². The van der Waals surface area contributed by atoms with Gasteiger partial charge in [0.05, 0.1) is 0 Å². The predicted molar refractivity (Wildman–Crippen MR) is 72.6 cm³/mol. The quantitative estimate of drug-likeness (QED) is 0.361. The molecule has 0 aliphatic heterocycles. The first-order valence-electron chi connectivity index (χ1n) is 6.40. The van der Waals surface area contributed by atoms with E-state index in [9.17, 15) is 0 Å². The highest BCUT2D eigenvalue weighted by Gasteiger charge is 2.36. The molecular weight excluding hydrogens is 232 g/mol. The van der Waals surface area contributed by atoms with Crippen LogP contribution in [0.4, 0.5) is 0 Å². The van der Waals surface area contributed by atoms with E-state index in [1.807, 2.05) is 0 Å². The highest BCUT2D eigenvalue weighted by Crippen LogP contribution is 2.07. The Labute approximate surface area is 107 Å². The van der Waals surface area contributed by atoms with Crippen LogP contribution in [0.25, 0.3) is 0 Å². The second-order valence-corrected chi connectivity index (χ2v) is 6.58. The molecule has 0 aliphatic carbocycles. The third-order valence-corrected chi connectivity index (χ3v) is 4.80. The maximum atomic E-state index is 5.22. The molecule has 0 amide bonds. The van der Waals surface area contributed by atoms with Crippen LogP contribution in [0, 0.1) is 11.5 Å². The summed E-state index contributed by atoms with van der Waals surface area (Å²) in [4.78, 5) is 0. The fourth-order valence-corrected chi connectivity index (χ4v) is 2.72. The van der Waals surface area contributed by atoms with Gasteiger partial charge in [-0.1, -0.05) is 39.0 Å². The molecule has 0 fully saturated rings. The molecule has 0 aliphatic rings. The van der Waals surface area contributed by atoms with Crippen LogP contribution < -0.4 is 0 Å². The molecule has 0 bridgehead atoms. The first-order valence-corrected chi connectivity index (χ1v) is 8.12. The van der Waals surface area contributed by atoms with Crippen LogP contribution in [-0.4, -0.2) is 30.1 Å². The second kappa shape index (κ2) is 10.8. The summed E-state index contributed by atoms with van der Waals surface area (Å²) in [7, 11) is 2.09. The van der Waals surface area contributed by atoms with E-state index in [1.54, 1.807) is 21.3 Å². The van der Waals surface area contributed by atoms with Gasteiger partial charge in [0, 0.05) is 27.8 Å². The predicted octanol–water partition coefficient (Wildman–Crippen LogP) is 3.16. The fourth-order valence-electron chi connectivity index (χ4n) is 1.57. The van der Waals surface area contributed by atoms with Crippen molar-refractivity contribution >= 4 is 8.80 Å². The molecular formula is C13H26O3Si. The average molecular weight is 258 g/mol. The normalized spacial score (nSPS) is 11.1. The molecule has 0 heterocycles. The second-order valence-electron chi connectivity index (χ2n) is 3.99. The summed E-state index contributed by atoms with van der Waals surface area (Å²) in [6.07, 6.45) is 8.61. The standard InChI is InChI=1S/C13H26O3Si/c1-5-6-7-8-9-10-11-12-13-17(14-2,15-3)16-4/h5-11H2,1-4H3. The molecule has 0 atom stereocenters. The van der Waals surface area contributed by atoms with Crippen LogP contribution in [0.3, 0.4) is 0 Å². The molecule has 0 aromatic carbocycles. The van der Waals surface area contributed by atoms with Gasteiger partial charge in [-0.3, -0.25) is 0 Å². The molecule has 0 saturated heterocycles. The molecule has 3 nitrogen and oxygen atoms in total. The van der Waals surface area contributed by atoms with E-state index in [-0.39, 0.29) is 0 Å². The van der Waals surface area contributed by atoms with E-state index < -0.39 is 8.80 Å². The minimum absolute atomic E-state index is 0.900. The summed E-state index contributed by atoms with van der Waals surface area (Å²) >= 11 is 0. The maximum Gasteiger partial charge on any atom is 0.590 e. The molecule has 0 aromatic heterocycles. The number of unbranched alkanes of at least 4 members (excludes halogenated alkanes) is 6. The lowest BCUT2D eigenvalue weighted by molar-refractivity contribution is 0.141. The summed E-state index contributed by atoms with van der Waals surface area (Å²) in [5.41, 5.74) is 3.01. The van der Waals surface area contributed by atoms with Gasteiger partial charge in [0.25, 0.3) is 0 Å². The largest absolute Gasteiger partial charge is 0.590 e. The van der Waals surface area contributed by atoms with Gasteiger partial charge in [-0.05, 0) is 12.0 Å². The zero-order chi connectivity index (χ0) is 13.0. The van der Waals surface area contributed by atoms with Gasteiger partial charge >= 0.3 is 8.80 Å². The van der Waals surface area contributed by atoms with Crippen molar-refractivity contribution in [2.45, 2.75) is 51.9 Å². The lowest BCUT2D eigenvalue weighted by Crippen LogP contribution is -2.41. The highest BCUT2D eigenvalue weighted by molar-refractivity contribution is 6.69. The zero-order valence-corrected chi connectivity index (χ0v) is 12.7. The summed E-state index contributed by atoms with van der Waals surface area (Å²) in [6.45, 7) is 2.23. The van der Waals surface area contributed by atoms with Crippen LogP contribution in [-0.2, 0) is 13.3 Å². The Bertz CT molecular complexity index is 220. The average Bonchev–Trinajstić information content (AvgIpc) is 2.38. The Morgan fingerprint density at radius 2 is 1.35 bits per heavy atom. The molecule has 0 rings (SSSR count). The third kappa shape index (κ3) is 7.56. The first kappa shape index (κ1) is 16.7. The van der Waals surface area contributed by atoms with Gasteiger partial charge in [0.2, 0.25) is 0 Å².